The van der Waals surface area contributed by atoms with Crippen LogP contribution in [0.25, 0.3) is 0 Å². The summed E-state index contributed by atoms with van der Waals surface area (Å²) in [4.78, 5) is 11.5. The number of halogens is 3. The summed E-state index contributed by atoms with van der Waals surface area (Å²) >= 11 is 0. The zero-order valence-electron chi connectivity index (χ0n) is 10.6. The minimum absolute atomic E-state index is 0.0957. The molecule has 1 unspecified atom stereocenters. The molecule has 1 aromatic rings. The number of alkyl halides is 3. The number of rotatable bonds is 1. The molecule has 1 aromatic carbocycles. The number of carbonyl (C=O) groups is 1. The molecule has 7 heteroatoms. The Morgan fingerprint density at radius 2 is 2.05 bits per heavy atom. The van der Waals surface area contributed by atoms with E-state index >= 15 is 0 Å². The molecule has 0 saturated carbocycles. The van der Waals surface area contributed by atoms with Crippen LogP contribution in [0, 0.1) is 6.92 Å². The van der Waals surface area contributed by atoms with Gasteiger partial charge in [-0.05, 0) is 19.1 Å². The number of ether oxygens (including phenoxy) is 2. The lowest BCUT2D eigenvalue weighted by Crippen LogP contribution is -2.30. The molecule has 1 heterocycles. The van der Waals surface area contributed by atoms with Gasteiger partial charge in [-0.1, -0.05) is 11.6 Å². The molecule has 4 nitrogen and oxygen atoms in total. The number of benzene rings is 1. The molecule has 0 fully saturated rings. The molecule has 0 radical (unpaired) electrons. The summed E-state index contributed by atoms with van der Waals surface area (Å²) in [5, 5.41) is 10.0. The first-order valence-corrected chi connectivity index (χ1v) is 5.62. The van der Waals surface area contributed by atoms with Crippen LogP contribution in [-0.4, -0.2) is 24.4 Å². The maximum absolute atomic E-state index is 12.9. The van der Waals surface area contributed by atoms with Crippen molar-refractivity contribution in [3.63, 3.8) is 0 Å². The molecule has 0 aromatic heterocycles. The monoisotopic (exact) mass is 288 g/mol. The maximum atomic E-state index is 12.9. The normalized spacial score (nSPS) is 18.4. The smallest absolute Gasteiger partial charge is 0.450 e. The first-order chi connectivity index (χ1) is 9.25. The largest absolute Gasteiger partial charge is 0.465 e. The summed E-state index contributed by atoms with van der Waals surface area (Å²) in [6.07, 6.45) is -6.66. The van der Waals surface area contributed by atoms with Gasteiger partial charge in [0, 0.05) is 5.56 Å². The third kappa shape index (κ3) is 2.36. The molecule has 0 amide bonds. The van der Waals surface area contributed by atoms with Gasteiger partial charge in [-0.3, -0.25) is 0 Å². The van der Waals surface area contributed by atoms with Crippen molar-refractivity contribution in [1.82, 2.24) is 0 Å². The number of fused-ring (bicyclic) bond motifs is 1. The lowest BCUT2D eigenvalue weighted by atomic mass is 9.95. The molecule has 1 N–H and O–H groups in total. The number of esters is 1. The lowest BCUT2D eigenvalue weighted by molar-refractivity contribution is -0.142. The predicted octanol–water partition coefficient (Wildman–Crippen LogP) is 2.41. The molecule has 0 saturated heterocycles. The van der Waals surface area contributed by atoms with Crippen molar-refractivity contribution in [3.8, 4) is 5.75 Å². The van der Waals surface area contributed by atoms with E-state index < -0.39 is 29.6 Å². The van der Waals surface area contributed by atoms with Gasteiger partial charge in [-0.15, -0.1) is 0 Å². The van der Waals surface area contributed by atoms with Crippen LogP contribution in [0.4, 0.5) is 13.2 Å². The zero-order valence-corrected chi connectivity index (χ0v) is 10.6. The maximum Gasteiger partial charge on any atom is 0.450 e. The van der Waals surface area contributed by atoms with Gasteiger partial charge in [-0.25, -0.2) is 4.79 Å². The topological polar surface area (TPSA) is 55.8 Å². The first kappa shape index (κ1) is 14.4. The van der Waals surface area contributed by atoms with Gasteiger partial charge >= 0.3 is 12.1 Å². The Morgan fingerprint density at radius 3 is 2.60 bits per heavy atom. The van der Waals surface area contributed by atoms with Crippen molar-refractivity contribution < 1.29 is 32.5 Å². The van der Waals surface area contributed by atoms with Gasteiger partial charge in [-0.2, -0.15) is 13.2 Å². The van der Waals surface area contributed by atoms with Gasteiger partial charge in [0.15, 0.2) is 0 Å². The van der Waals surface area contributed by atoms with Crippen LogP contribution < -0.4 is 4.74 Å². The number of aliphatic hydroxyl groups is 1. The van der Waals surface area contributed by atoms with Crippen molar-refractivity contribution in [2.75, 3.05) is 7.11 Å². The Balaban J connectivity index is 2.62. The fraction of sp³-hybridized carbons (Fsp3) is 0.308. The highest BCUT2D eigenvalue weighted by atomic mass is 19.4. The van der Waals surface area contributed by atoms with Gasteiger partial charge in [0.05, 0.1) is 7.11 Å². The predicted molar refractivity (Wildman–Crippen MR) is 61.9 cm³/mol. The van der Waals surface area contributed by atoms with Gasteiger partial charge in [0.2, 0.25) is 5.76 Å². The van der Waals surface area contributed by atoms with E-state index in [0.29, 0.717) is 5.56 Å². The number of aryl methyl sites for hydroxylation is 1. The van der Waals surface area contributed by atoms with Crippen LogP contribution in [-0.2, 0) is 9.53 Å². The van der Waals surface area contributed by atoms with Crippen LogP contribution >= 0.6 is 0 Å². The molecular weight excluding hydrogens is 277 g/mol. The third-order valence-electron chi connectivity index (χ3n) is 2.85. The minimum atomic E-state index is -4.91. The summed E-state index contributed by atoms with van der Waals surface area (Å²) in [6.45, 7) is 1.70. The Bertz CT molecular complexity index is 590. The van der Waals surface area contributed by atoms with Crippen LogP contribution in [0.3, 0.4) is 0 Å². The van der Waals surface area contributed by atoms with E-state index in [9.17, 15) is 23.1 Å². The fourth-order valence-corrected chi connectivity index (χ4v) is 1.94. The Morgan fingerprint density at radius 1 is 1.40 bits per heavy atom. The number of hydrogen-bond acceptors (Lipinski definition) is 4. The molecule has 1 aliphatic heterocycles. The van der Waals surface area contributed by atoms with E-state index in [1.807, 2.05) is 0 Å². The number of allylic oxidation sites excluding steroid dienone is 1. The van der Waals surface area contributed by atoms with Crippen LogP contribution in [0.2, 0.25) is 0 Å². The Hall–Kier alpha value is -2.02. The first-order valence-electron chi connectivity index (χ1n) is 5.62. The van der Waals surface area contributed by atoms with Crippen molar-refractivity contribution >= 4 is 5.97 Å². The molecule has 0 spiro atoms. The molecule has 0 aliphatic carbocycles. The minimum Gasteiger partial charge on any atom is -0.465 e. The Kier molecular flexibility index (Phi) is 3.47. The van der Waals surface area contributed by atoms with Crippen molar-refractivity contribution in [2.45, 2.75) is 19.2 Å². The number of methoxy groups -OCH3 is 1. The van der Waals surface area contributed by atoms with E-state index in [1.54, 1.807) is 13.0 Å². The second-order valence-corrected chi connectivity index (χ2v) is 4.28. The number of carbonyl (C=O) groups excluding carboxylic acids is 1. The fourth-order valence-electron chi connectivity index (χ4n) is 1.94. The molecule has 0 bridgehead atoms. The van der Waals surface area contributed by atoms with Crippen molar-refractivity contribution in [3.05, 3.63) is 40.7 Å². The quantitative estimate of drug-likeness (QED) is 0.806. The van der Waals surface area contributed by atoms with Gasteiger partial charge in [0.25, 0.3) is 0 Å². The number of aliphatic hydroxyl groups excluding tert-OH is 1. The van der Waals surface area contributed by atoms with E-state index in [2.05, 4.69) is 4.74 Å². The van der Waals surface area contributed by atoms with Crippen molar-refractivity contribution in [2.24, 2.45) is 0 Å². The van der Waals surface area contributed by atoms with Crippen LogP contribution in [0.5, 0.6) is 5.75 Å². The summed E-state index contributed by atoms with van der Waals surface area (Å²) in [6, 6.07) is 4.31. The molecule has 2 rings (SSSR count). The molecule has 108 valence electrons. The molecule has 1 atom stereocenters. The highest BCUT2D eigenvalue weighted by Gasteiger charge is 2.46. The van der Waals surface area contributed by atoms with Crippen LogP contribution in [0.1, 0.15) is 17.2 Å². The van der Waals surface area contributed by atoms with Gasteiger partial charge < -0.3 is 14.6 Å². The SMILES string of the molecule is COC(=O)C1=C(C(F)(F)F)Oc2ccc(C)cc2C1O. The van der Waals surface area contributed by atoms with Gasteiger partial charge in [0.1, 0.15) is 17.4 Å². The standard InChI is InChI=1S/C13H11F3O4/c1-6-3-4-8-7(5-6)10(17)9(12(18)19-2)11(20-8)13(14,15)16/h3-5,10,17H,1-2H3. The van der Waals surface area contributed by atoms with E-state index in [0.717, 1.165) is 7.11 Å². The molecule has 1 aliphatic rings. The van der Waals surface area contributed by atoms with Crippen LogP contribution in [0.15, 0.2) is 29.5 Å². The van der Waals surface area contributed by atoms with E-state index in [4.69, 9.17) is 4.74 Å². The molecular formula is C13H11F3O4. The summed E-state index contributed by atoms with van der Waals surface area (Å²) in [5.41, 5.74) is -0.137. The summed E-state index contributed by atoms with van der Waals surface area (Å²) in [5.74, 6) is -2.96. The highest BCUT2D eigenvalue weighted by molar-refractivity contribution is 5.91. The van der Waals surface area contributed by atoms with Crippen molar-refractivity contribution in [1.29, 1.82) is 0 Å². The second kappa shape index (κ2) is 4.82. The van der Waals surface area contributed by atoms with E-state index in [1.165, 1.54) is 12.1 Å². The highest BCUT2D eigenvalue weighted by Crippen LogP contribution is 2.43. The second-order valence-electron chi connectivity index (χ2n) is 4.28. The number of hydrogen-bond donors (Lipinski definition) is 1. The average Bonchev–Trinajstić information content (AvgIpc) is 2.37. The average molecular weight is 288 g/mol. The summed E-state index contributed by atoms with van der Waals surface area (Å²) in [7, 11) is 0.932. The third-order valence-corrected chi connectivity index (χ3v) is 2.85. The zero-order chi connectivity index (χ0) is 15.1. The Labute approximate surface area is 112 Å². The van der Waals surface area contributed by atoms with E-state index in [-0.39, 0.29) is 11.3 Å². The molecule has 20 heavy (non-hydrogen) atoms. The lowest BCUT2D eigenvalue weighted by Gasteiger charge is -2.27. The summed E-state index contributed by atoms with van der Waals surface area (Å²) < 4.78 is 47.8.